The number of methoxy groups -OCH3 is 1. The van der Waals surface area contributed by atoms with Gasteiger partial charge in [0.15, 0.2) is 12.4 Å². The normalized spacial score (nSPS) is 14.2. The van der Waals surface area contributed by atoms with Gasteiger partial charge in [-0.25, -0.2) is 9.48 Å². The van der Waals surface area contributed by atoms with Gasteiger partial charge in [0.1, 0.15) is 0 Å². The number of halogens is 3. The molecule has 0 aliphatic carbocycles. The van der Waals surface area contributed by atoms with E-state index < -0.39 is 30.2 Å². The Labute approximate surface area is 162 Å². The van der Waals surface area contributed by atoms with Crippen molar-refractivity contribution in [1.82, 2.24) is 14.7 Å². The molecule has 1 saturated heterocycles. The van der Waals surface area contributed by atoms with Gasteiger partial charge in [-0.15, -0.1) is 0 Å². The van der Waals surface area contributed by atoms with Crippen LogP contribution in [0.2, 0.25) is 0 Å². The number of ether oxygens (including phenoxy) is 2. The maximum Gasteiger partial charge on any atom is 0.416 e. The lowest BCUT2D eigenvalue weighted by molar-refractivity contribution is -0.144. The summed E-state index contributed by atoms with van der Waals surface area (Å²) in [6.07, 6.45) is -2.51. The van der Waals surface area contributed by atoms with E-state index in [0.717, 1.165) is 21.7 Å². The van der Waals surface area contributed by atoms with E-state index in [9.17, 15) is 27.6 Å². The summed E-state index contributed by atoms with van der Waals surface area (Å²) in [5, 5.41) is 3.92. The highest BCUT2D eigenvalue weighted by molar-refractivity contribution is 5.98. The third kappa shape index (κ3) is 4.39. The molecule has 0 bridgehead atoms. The number of alkyl halides is 3. The van der Waals surface area contributed by atoms with E-state index in [1.54, 1.807) is 0 Å². The van der Waals surface area contributed by atoms with E-state index in [4.69, 9.17) is 9.47 Å². The van der Waals surface area contributed by atoms with Crippen LogP contribution in [0.5, 0.6) is 5.75 Å². The van der Waals surface area contributed by atoms with Gasteiger partial charge in [0.05, 0.1) is 24.6 Å². The number of benzene rings is 1. The predicted octanol–water partition coefficient (Wildman–Crippen LogP) is 2.21. The highest BCUT2D eigenvalue weighted by Crippen LogP contribution is 2.30. The van der Waals surface area contributed by atoms with Crippen LogP contribution in [-0.4, -0.2) is 52.7 Å². The number of imide groups is 1. The standard InChI is InChI=1S/C18H16F3N3O5/c1-28-13-9-24(12-5-2-4-11(8-12)18(19,20)21)22-16(13)17(27)29-10-15(26)23-7-3-6-14(23)25/h2,4-5,8-9H,3,6-7,10H2,1H3. The molecule has 0 spiro atoms. The summed E-state index contributed by atoms with van der Waals surface area (Å²) in [5.41, 5.74) is -1.14. The van der Waals surface area contributed by atoms with Crippen LogP contribution in [0.4, 0.5) is 13.2 Å². The van der Waals surface area contributed by atoms with Gasteiger partial charge < -0.3 is 9.47 Å². The lowest BCUT2D eigenvalue weighted by Crippen LogP contribution is -2.35. The molecule has 11 heteroatoms. The second-order valence-electron chi connectivity index (χ2n) is 6.16. The molecule has 1 fully saturated rings. The van der Waals surface area contributed by atoms with Gasteiger partial charge in [-0.05, 0) is 24.6 Å². The van der Waals surface area contributed by atoms with Crippen LogP contribution >= 0.6 is 0 Å². The number of aromatic nitrogens is 2. The van der Waals surface area contributed by atoms with Gasteiger partial charge in [-0.3, -0.25) is 14.5 Å². The Bertz CT molecular complexity index is 954. The van der Waals surface area contributed by atoms with Gasteiger partial charge in [-0.1, -0.05) is 6.07 Å². The molecule has 3 rings (SSSR count). The highest BCUT2D eigenvalue weighted by Gasteiger charge is 2.31. The number of carbonyl (C=O) groups is 3. The Morgan fingerprint density at radius 2 is 2.03 bits per heavy atom. The zero-order valence-corrected chi connectivity index (χ0v) is 15.2. The lowest BCUT2D eigenvalue weighted by atomic mass is 10.2. The minimum absolute atomic E-state index is 0.0443. The SMILES string of the molecule is COc1cn(-c2cccc(C(F)(F)F)c2)nc1C(=O)OCC(=O)N1CCCC1=O. The largest absolute Gasteiger partial charge is 0.493 e. The highest BCUT2D eigenvalue weighted by atomic mass is 19.4. The fourth-order valence-corrected chi connectivity index (χ4v) is 2.79. The molecule has 0 unspecified atom stereocenters. The average molecular weight is 411 g/mol. The molecule has 1 aromatic heterocycles. The fraction of sp³-hybridized carbons (Fsp3) is 0.333. The van der Waals surface area contributed by atoms with E-state index in [2.05, 4.69) is 5.10 Å². The Morgan fingerprint density at radius 3 is 2.66 bits per heavy atom. The Kier molecular flexibility index (Phi) is 5.57. The summed E-state index contributed by atoms with van der Waals surface area (Å²) in [6.45, 7) is -0.396. The van der Waals surface area contributed by atoms with Crippen molar-refractivity contribution in [3.63, 3.8) is 0 Å². The third-order valence-electron chi connectivity index (χ3n) is 4.23. The second kappa shape index (κ2) is 7.94. The lowest BCUT2D eigenvalue weighted by Gasteiger charge is -2.13. The average Bonchev–Trinajstić information content (AvgIpc) is 3.31. The van der Waals surface area contributed by atoms with E-state index in [0.29, 0.717) is 6.42 Å². The van der Waals surface area contributed by atoms with Crippen LogP contribution in [0.25, 0.3) is 5.69 Å². The number of hydrogen-bond donors (Lipinski definition) is 0. The number of likely N-dealkylation sites (tertiary alicyclic amines) is 1. The van der Waals surface area contributed by atoms with Crippen molar-refractivity contribution in [2.45, 2.75) is 19.0 Å². The molecule has 2 amide bonds. The maximum atomic E-state index is 12.9. The molecule has 1 aromatic carbocycles. The summed E-state index contributed by atoms with van der Waals surface area (Å²) in [6, 6.07) is 4.35. The summed E-state index contributed by atoms with van der Waals surface area (Å²) in [5.74, 6) is -2.04. The van der Waals surface area contributed by atoms with Crippen LogP contribution in [0, 0.1) is 0 Å². The van der Waals surface area contributed by atoms with Crippen LogP contribution in [0.1, 0.15) is 28.9 Å². The van der Waals surface area contributed by atoms with E-state index in [1.165, 1.54) is 25.4 Å². The Morgan fingerprint density at radius 1 is 1.28 bits per heavy atom. The topological polar surface area (TPSA) is 90.7 Å². The van der Waals surface area contributed by atoms with Gasteiger partial charge >= 0.3 is 12.1 Å². The van der Waals surface area contributed by atoms with E-state index in [-0.39, 0.29) is 36.0 Å². The Balaban J connectivity index is 1.77. The number of amides is 2. The number of rotatable bonds is 5. The predicted molar refractivity (Wildman–Crippen MR) is 91.4 cm³/mol. The molecule has 0 saturated carbocycles. The van der Waals surface area contributed by atoms with Gasteiger partial charge in [0.2, 0.25) is 11.6 Å². The van der Waals surface area contributed by atoms with Crippen LogP contribution in [-0.2, 0) is 20.5 Å². The van der Waals surface area contributed by atoms with Crippen LogP contribution in [0.15, 0.2) is 30.5 Å². The minimum Gasteiger partial charge on any atom is -0.493 e. The van der Waals surface area contributed by atoms with Crippen LogP contribution in [0.3, 0.4) is 0 Å². The number of carbonyl (C=O) groups excluding carboxylic acids is 3. The molecule has 1 aliphatic rings. The van der Waals surface area contributed by atoms with Crippen molar-refractivity contribution in [3.8, 4) is 11.4 Å². The third-order valence-corrected chi connectivity index (χ3v) is 4.23. The number of hydrogen-bond acceptors (Lipinski definition) is 6. The summed E-state index contributed by atoms with van der Waals surface area (Å²) in [7, 11) is 1.25. The fourth-order valence-electron chi connectivity index (χ4n) is 2.79. The van der Waals surface area contributed by atoms with Crippen molar-refractivity contribution >= 4 is 17.8 Å². The first-order chi connectivity index (χ1) is 13.7. The molecular weight excluding hydrogens is 395 g/mol. The number of nitrogens with zero attached hydrogens (tertiary/aromatic N) is 3. The molecular formula is C18H16F3N3O5. The zero-order chi connectivity index (χ0) is 21.2. The molecule has 2 aromatic rings. The molecule has 2 heterocycles. The van der Waals surface area contributed by atoms with Crippen LogP contribution < -0.4 is 4.74 Å². The maximum absolute atomic E-state index is 12.9. The molecule has 0 atom stereocenters. The van der Waals surface area contributed by atoms with Gasteiger partial charge in [-0.2, -0.15) is 18.3 Å². The molecule has 0 radical (unpaired) electrons. The molecule has 29 heavy (non-hydrogen) atoms. The quantitative estimate of drug-likeness (QED) is 0.701. The monoisotopic (exact) mass is 411 g/mol. The molecule has 8 nitrogen and oxygen atoms in total. The van der Waals surface area contributed by atoms with Gasteiger partial charge in [0.25, 0.3) is 5.91 Å². The molecule has 1 aliphatic heterocycles. The van der Waals surface area contributed by atoms with Crippen molar-refractivity contribution in [3.05, 3.63) is 41.7 Å². The summed E-state index contributed by atoms with van der Waals surface area (Å²) in [4.78, 5) is 36.8. The second-order valence-corrected chi connectivity index (χ2v) is 6.16. The van der Waals surface area contributed by atoms with Crippen molar-refractivity contribution in [1.29, 1.82) is 0 Å². The van der Waals surface area contributed by atoms with Gasteiger partial charge in [0, 0.05) is 13.0 Å². The molecule has 0 N–H and O–H groups in total. The van der Waals surface area contributed by atoms with E-state index in [1.807, 2.05) is 0 Å². The van der Waals surface area contributed by atoms with Crippen molar-refractivity contribution in [2.75, 3.05) is 20.3 Å². The van der Waals surface area contributed by atoms with Crippen molar-refractivity contribution in [2.24, 2.45) is 0 Å². The van der Waals surface area contributed by atoms with Crippen molar-refractivity contribution < 1.29 is 37.0 Å². The number of esters is 1. The van der Waals surface area contributed by atoms with E-state index >= 15 is 0 Å². The molecule has 154 valence electrons. The summed E-state index contributed by atoms with van der Waals surface area (Å²) >= 11 is 0. The Hall–Kier alpha value is -3.37. The minimum atomic E-state index is -4.54. The zero-order valence-electron chi connectivity index (χ0n) is 15.2. The first-order valence-electron chi connectivity index (χ1n) is 8.52. The summed E-state index contributed by atoms with van der Waals surface area (Å²) < 4.78 is 49.7. The first-order valence-corrected chi connectivity index (χ1v) is 8.52. The smallest absolute Gasteiger partial charge is 0.416 e. The first kappa shape index (κ1) is 20.4.